The maximum absolute atomic E-state index is 5.63. The molecular formula is C18H23NOS. The number of aromatic nitrogens is 1. The standard InChI is InChI=1S/C18H23NOS/c1-2-20-14-7-8-15-16(11-14)21-17(19-15)18-9-3-5-13(12-18)6-4-10-18/h7-8,11,13H,2-6,9-10,12H2,1H3. The minimum atomic E-state index is 0.399. The Kier molecular flexibility index (Phi) is 3.41. The molecule has 1 heterocycles. The van der Waals surface area contributed by atoms with Crippen LogP contribution in [-0.2, 0) is 5.41 Å². The zero-order valence-electron chi connectivity index (χ0n) is 12.7. The molecule has 2 bridgehead atoms. The molecule has 2 saturated carbocycles. The molecule has 21 heavy (non-hydrogen) atoms. The fraction of sp³-hybridized carbons (Fsp3) is 0.611. The number of benzene rings is 1. The molecule has 2 nitrogen and oxygen atoms in total. The quantitative estimate of drug-likeness (QED) is 0.766. The monoisotopic (exact) mass is 301 g/mol. The highest BCUT2D eigenvalue weighted by molar-refractivity contribution is 7.18. The van der Waals surface area contributed by atoms with Gasteiger partial charge in [0.15, 0.2) is 0 Å². The average Bonchev–Trinajstić information content (AvgIpc) is 2.92. The van der Waals surface area contributed by atoms with Crippen LogP contribution < -0.4 is 4.74 Å². The number of nitrogens with zero attached hydrogens (tertiary/aromatic N) is 1. The Bertz CT molecular complexity index is 638. The van der Waals surface area contributed by atoms with Crippen molar-refractivity contribution in [3.63, 3.8) is 0 Å². The molecule has 1 aromatic carbocycles. The molecular weight excluding hydrogens is 278 g/mol. The molecule has 0 unspecified atom stereocenters. The topological polar surface area (TPSA) is 22.1 Å². The van der Waals surface area contributed by atoms with Gasteiger partial charge in [-0.15, -0.1) is 11.3 Å². The third-order valence-corrected chi connectivity index (χ3v) is 6.60. The fourth-order valence-corrected chi connectivity index (χ4v) is 5.63. The van der Waals surface area contributed by atoms with Gasteiger partial charge in [-0.3, -0.25) is 0 Å². The van der Waals surface area contributed by atoms with Gasteiger partial charge in [0.05, 0.1) is 21.8 Å². The summed E-state index contributed by atoms with van der Waals surface area (Å²) in [4.78, 5) is 5.01. The summed E-state index contributed by atoms with van der Waals surface area (Å²) >= 11 is 1.91. The molecule has 1 aromatic heterocycles. The predicted molar refractivity (Wildman–Crippen MR) is 88.3 cm³/mol. The number of hydrogen-bond donors (Lipinski definition) is 0. The molecule has 2 aliphatic carbocycles. The Morgan fingerprint density at radius 1 is 1.29 bits per heavy atom. The molecule has 0 saturated heterocycles. The molecule has 2 aliphatic rings. The van der Waals surface area contributed by atoms with Crippen LogP contribution in [0, 0.1) is 5.92 Å². The zero-order chi connectivity index (χ0) is 14.3. The van der Waals surface area contributed by atoms with E-state index in [1.807, 2.05) is 18.3 Å². The summed E-state index contributed by atoms with van der Waals surface area (Å²) in [5.41, 5.74) is 1.55. The van der Waals surface area contributed by atoms with Crippen LogP contribution in [0.3, 0.4) is 0 Å². The first-order valence-electron chi connectivity index (χ1n) is 8.33. The lowest BCUT2D eigenvalue weighted by molar-refractivity contribution is 0.149. The maximum atomic E-state index is 5.63. The van der Waals surface area contributed by atoms with Crippen LogP contribution in [0.25, 0.3) is 10.2 Å². The van der Waals surface area contributed by atoms with Crippen molar-refractivity contribution in [3.8, 4) is 5.75 Å². The Balaban J connectivity index is 1.72. The van der Waals surface area contributed by atoms with Crippen LogP contribution in [-0.4, -0.2) is 11.6 Å². The van der Waals surface area contributed by atoms with E-state index in [0.29, 0.717) is 5.41 Å². The van der Waals surface area contributed by atoms with Crippen LogP contribution in [0.15, 0.2) is 18.2 Å². The molecule has 3 heteroatoms. The van der Waals surface area contributed by atoms with Gasteiger partial charge in [-0.25, -0.2) is 4.98 Å². The van der Waals surface area contributed by atoms with E-state index >= 15 is 0 Å². The Labute approximate surface area is 130 Å². The van der Waals surface area contributed by atoms with Crippen LogP contribution in [0.1, 0.15) is 56.9 Å². The van der Waals surface area contributed by atoms with Gasteiger partial charge < -0.3 is 4.74 Å². The molecule has 0 atom stereocenters. The van der Waals surface area contributed by atoms with Crippen molar-refractivity contribution in [1.82, 2.24) is 4.98 Å². The summed E-state index contributed by atoms with van der Waals surface area (Å²) in [5.74, 6) is 1.93. The third kappa shape index (κ3) is 2.36. The first-order chi connectivity index (χ1) is 10.3. The molecule has 0 radical (unpaired) electrons. The van der Waals surface area contributed by atoms with Crippen molar-refractivity contribution in [1.29, 1.82) is 0 Å². The maximum Gasteiger partial charge on any atom is 0.120 e. The van der Waals surface area contributed by atoms with Crippen molar-refractivity contribution in [2.24, 2.45) is 5.92 Å². The van der Waals surface area contributed by atoms with E-state index in [2.05, 4.69) is 18.2 Å². The first-order valence-corrected chi connectivity index (χ1v) is 9.15. The van der Waals surface area contributed by atoms with E-state index in [0.717, 1.165) is 23.8 Å². The summed E-state index contributed by atoms with van der Waals surface area (Å²) in [5, 5.41) is 1.40. The lowest BCUT2D eigenvalue weighted by Crippen LogP contribution is -2.36. The summed E-state index contributed by atoms with van der Waals surface area (Å²) < 4.78 is 6.92. The van der Waals surface area contributed by atoms with Crippen molar-refractivity contribution < 1.29 is 4.74 Å². The lowest BCUT2D eigenvalue weighted by atomic mass is 9.62. The number of rotatable bonds is 3. The molecule has 0 N–H and O–H groups in total. The van der Waals surface area contributed by atoms with Gasteiger partial charge >= 0.3 is 0 Å². The highest BCUT2D eigenvalue weighted by atomic mass is 32.1. The Hall–Kier alpha value is -1.09. The van der Waals surface area contributed by atoms with Gasteiger partial charge in [0.25, 0.3) is 0 Å². The Morgan fingerprint density at radius 3 is 2.86 bits per heavy atom. The highest BCUT2D eigenvalue weighted by Crippen LogP contribution is 2.52. The van der Waals surface area contributed by atoms with Crippen LogP contribution in [0.2, 0.25) is 0 Å². The van der Waals surface area contributed by atoms with E-state index in [-0.39, 0.29) is 0 Å². The second kappa shape index (κ2) is 5.28. The van der Waals surface area contributed by atoms with E-state index in [1.165, 1.54) is 54.7 Å². The number of hydrogen-bond acceptors (Lipinski definition) is 3. The van der Waals surface area contributed by atoms with Crippen molar-refractivity contribution in [2.45, 2.75) is 57.3 Å². The van der Waals surface area contributed by atoms with Gasteiger partial charge in [-0.05, 0) is 50.3 Å². The predicted octanol–water partition coefficient (Wildman–Crippen LogP) is 5.31. The second-order valence-electron chi connectivity index (χ2n) is 6.72. The molecule has 2 fully saturated rings. The molecule has 0 spiro atoms. The largest absolute Gasteiger partial charge is 0.494 e. The average molecular weight is 301 g/mol. The first kappa shape index (κ1) is 13.6. The van der Waals surface area contributed by atoms with E-state index in [9.17, 15) is 0 Å². The van der Waals surface area contributed by atoms with Gasteiger partial charge in [0, 0.05) is 5.41 Å². The SMILES string of the molecule is CCOc1ccc2nc(C34CCCC(CCC3)C4)sc2c1. The Morgan fingerprint density at radius 2 is 2.10 bits per heavy atom. The second-order valence-corrected chi connectivity index (χ2v) is 7.75. The molecule has 2 aromatic rings. The lowest BCUT2D eigenvalue weighted by Gasteiger charge is -2.44. The van der Waals surface area contributed by atoms with E-state index in [4.69, 9.17) is 9.72 Å². The summed E-state index contributed by atoms with van der Waals surface area (Å²) in [6.45, 7) is 2.76. The molecule has 112 valence electrons. The van der Waals surface area contributed by atoms with Crippen LogP contribution >= 0.6 is 11.3 Å². The van der Waals surface area contributed by atoms with E-state index < -0.39 is 0 Å². The fourth-order valence-electron chi connectivity index (χ4n) is 4.38. The van der Waals surface area contributed by atoms with E-state index in [1.54, 1.807) is 0 Å². The summed E-state index contributed by atoms with van der Waals surface area (Å²) in [6, 6.07) is 6.34. The minimum absolute atomic E-state index is 0.399. The van der Waals surface area contributed by atoms with Gasteiger partial charge in [-0.1, -0.05) is 25.7 Å². The van der Waals surface area contributed by atoms with Gasteiger partial charge in [0.1, 0.15) is 5.75 Å². The van der Waals surface area contributed by atoms with Crippen molar-refractivity contribution in [3.05, 3.63) is 23.2 Å². The highest BCUT2D eigenvalue weighted by Gasteiger charge is 2.42. The number of ether oxygens (including phenoxy) is 1. The van der Waals surface area contributed by atoms with Gasteiger partial charge in [-0.2, -0.15) is 0 Å². The number of thiazole rings is 1. The van der Waals surface area contributed by atoms with Crippen LogP contribution in [0.4, 0.5) is 0 Å². The molecule has 0 aliphatic heterocycles. The van der Waals surface area contributed by atoms with Gasteiger partial charge in [0.2, 0.25) is 0 Å². The molecule has 4 rings (SSSR count). The summed E-state index contributed by atoms with van der Waals surface area (Å²) in [7, 11) is 0. The zero-order valence-corrected chi connectivity index (χ0v) is 13.5. The van der Waals surface area contributed by atoms with Crippen LogP contribution in [0.5, 0.6) is 5.75 Å². The number of fused-ring (bicyclic) bond motifs is 3. The summed E-state index contributed by atoms with van der Waals surface area (Å²) in [6.07, 6.45) is 9.76. The smallest absolute Gasteiger partial charge is 0.120 e. The normalized spacial score (nSPS) is 28.7. The van der Waals surface area contributed by atoms with Crippen molar-refractivity contribution >= 4 is 21.6 Å². The molecule has 0 amide bonds. The minimum Gasteiger partial charge on any atom is -0.494 e. The third-order valence-electron chi connectivity index (χ3n) is 5.34. The van der Waals surface area contributed by atoms with Crippen molar-refractivity contribution in [2.75, 3.05) is 6.61 Å².